The Labute approximate surface area is 127 Å². The number of thioether (sulfide) groups is 1. The monoisotopic (exact) mass is 326 g/mol. The number of nitrogens with one attached hydrogen (secondary N) is 1. The van der Waals surface area contributed by atoms with Crippen LogP contribution in [0.5, 0.6) is 5.88 Å². The first-order valence-corrected chi connectivity index (χ1v) is 7.39. The van der Waals surface area contributed by atoms with Gasteiger partial charge in [0.25, 0.3) is 5.91 Å². The molecular formula is C11H10N4O4S2. The molecule has 0 bridgehead atoms. The van der Waals surface area contributed by atoms with E-state index in [0.29, 0.717) is 4.34 Å². The van der Waals surface area contributed by atoms with Crippen LogP contribution in [0.4, 0.5) is 5.13 Å². The molecule has 0 unspecified atom stereocenters. The van der Waals surface area contributed by atoms with E-state index in [0.717, 1.165) is 23.1 Å². The molecule has 2 aromatic rings. The zero-order chi connectivity index (χ0) is 15.2. The highest BCUT2D eigenvalue weighted by Gasteiger charge is 2.15. The summed E-state index contributed by atoms with van der Waals surface area (Å²) in [7, 11) is 1.42. The maximum Gasteiger partial charge on any atom is 0.313 e. The SMILES string of the molecule is COc1ncccc1C(=O)Nc1nnc(SCC(=O)O)s1. The average Bonchev–Trinajstić information content (AvgIpc) is 2.92. The third-order valence-electron chi connectivity index (χ3n) is 2.16. The Morgan fingerprint density at radius 1 is 1.48 bits per heavy atom. The largest absolute Gasteiger partial charge is 0.481 e. The van der Waals surface area contributed by atoms with E-state index in [9.17, 15) is 9.59 Å². The summed E-state index contributed by atoms with van der Waals surface area (Å²) in [6, 6.07) is 3.19. The van der Waals surface area contributed by atoms with Crippen molar-refractivity contribution in [3.63, 3.8) is 0 Å². The molecule has 10 heteroatoms. The Kier molecular flexibility index (Phi) is 5.06. The summed E-state index contributed by atoms with van der Waals surface area (Å²) in [6.07, 6.45) is 1.52. The van der Waals surface area contributed by atoms with Gasteiger partial charge in [0.2, 0.25) is 11.0 Å². The number of nitrogens with zero attached hydrogens (tertiary/aromatic N) is 3. The highest BCUT2D eigenvalue weighted by atomic mass is 32.2. The number of anilines is 1. The molecule has 110 valence electrons. The fourth-order valence-electron chi connectivity index (χ4n) is 1.33. The zero-order valence-electron chi connectivity index (χ0n) is 10.8. The molecule has 0 atom stereocenters. The number of rotatable bonds is 6. The van der Waals surface area contributed by atoms with E-state index in [1.54, 1.807) is 12.1 Å². The van der Waals surface area contributed by atoms with Gasteiger partial charge in [0.1, 0.15) is 5.56 Å². The lowest BCUT2D eigenvalue weighted by Gasteiger charge is -2.05. The lowest BCUT2D eigenvalue weighted by atomic mass is 10.2. The number of ether oxygens (including phenoxy) is 1. The van der Waals surface area contributed by atoms with Crippen molar-refractivity contribution in [1.82, 2.24) is 15.2 Å². The van der Waals surface area contributed by atoms with Crippen molar-refractivity contribution < 1.29 is 19.4 Å². The van der Waals surface area contributed by atoms with Crippen LogP contribution in [0.15, 0.2) is 22.7 Å². The molecule has 0 fully saturated rings. The van der Waals surface area contributed by atoms with Gasteiger partial charge in [-0.15, -0.1) is 10.2 Å². The van der Waals surface area contributed by atoms with Crippen LogP contribution in [-0.4, -0.2) is 45.0 Å². The molecule has 0 spiro atoms. The second-order valence-corrected chi connectivity index (χ2v) is 5.77. The van der Waals surface area contributed by atoms with Gasteiger partial charge < -0.3 is 9.84 Å². The topological polar surface area (TPSA) is 114 Å². The van der Waals surface area contributed by atoms with E-state index in [2.05, 4.69) is 20.5 Å². The molecule has 0 saturated carbocycles. The Morgan fingerprint density at radius 3 is 3.00 bits per heavy atom. The standard InChI is InChI=1S/C11H10N4O4S2/c1-19-9-6(3-2-4-12-9)8(18)13-10-14-15-11(21-10)20-5-7(16)17/h2-4H,5H2,1H3,(H,16,17)(H,13,14,18). The summed E-state index contributed by atoms with van der Waals surface area (Å²) in [5.74, 6) is -1.27. The maximum absolute atomic E-state index is 12.1. The van der Waals surface area contributed by atoms with Gasteiger partial charge in [0.15, 0.2) is 4.34 Å². The smallest absolute Gasteiger partial charge is 0.313 e. The first-order valence-electron chi connectivity index (χ1n) is 5.58. The first kappa shape index (κ1) is 15.2. The number of aromatic nitrogens is 3. The van der Waals surface area contributed by atoms with E-state index >= 15 is 0 Å². The molecule has 2 aromatic heterocycles. The second kappa shape index (κ2) is 6.99. The average molecular weight is 326 g/mol. The number of aliphatic carboxylic acids is 1. The molecule has 21 heavy (non-hydrogen) atoms. The van der Waals surface area contributed by atoms with Crippen LogP contribution in [0.2, 0.25) is 0 Å². The Bertz CT molecular complexity index is 661. The molecule has 0 aromatic carbocycles. The lowest BCUT2D eigenvalue weighted by Crippen LogP contribution is -2.13. The second-order valence-electron chi connectivity index (χ2n) is 3.57. The van der Waals surface area contributed by atoms with Crippen molar-refractivity contribution in [1.29, 1.82) is 0 Å². The van der Waals surface area contributed by atoms with Gasteiger partial charge in [-0.2, -0.15) is 0 Å². The Morgan fingerprint density at radius 2 is 2.29 bits per heavy atom. The predicted molar refractivity (Wildman–Crippen MR) is 77.0 cm³/mol. The van der Waals surface area contributed by atoms with E-state index in [1.807, 2.05) is 0 Å². The summed E-state index contributed by atoms with van der Waals surface area (Å²) in [5, 5.41) is 19.0. The van der Waals surface area contributed by atoms with Crippen molar-refractivity contribution >= 4 is 40.1 Å². The fourth-order valence-corrected chi connectivity index (χ4v) is 2.80. The quantitative estimate of drug-likeness (QED) is 0.604. The summed E-state index contributed by atoms with van der Waals surface area (Å²) >= 11 is 2.13. The Balaban J connectivity index is 2.04. The normalized spacial score (nSPS) is 10.1. The minimum atomic E-state index is -0.944. The molecule has 2 rings (SSSR count). The van der Waals surface area contributed by atoms with Gasteiger partial charge in [-0.05, 0) is 12.1 Å². The van der Waals surface area contributed by atoms with Crippen molar-refractivity contribution in [2.24, 2.45) is 0 Å². The molecule has 0 saturated heterocycles. The van der Waals surface area contributed by atoms with Crippen molar-refractivity contribution in [3.8, 4) is 5.88 Å². The summed E-state index contributed by atoms with van der Waals surface area (Å²) in [5.41, 5.74) is 0.273. The van der Waals surface area contributed by atoms with Crippen LogP contribution in [0.3, 0.4) is 0 Å². The number of methoxy groups -OCH3 is 1. The lowest BCUT2D eigenvalue weighted by molar-refractivity contribution is -0.133. The van der Waals surface area contributed by atoms with Gasteiger partial charge >= 0.3 is 5.97 Å². The molecule has 1 amide bonds. The van der Waals surface area contributed by atoms with Crippen LogP contribution in [0, 0.1) is 0 Å². The van der Waals surface area contributed by atoms with E-state index in [-0.39, 0.29) is 22.3 Å². The molecular weight excluding hydrogens is 316 g/mol. The molecule has 0 aliphatic carbocycles. The summed E-state index contributed by atoms with van der Waals surface area (Å²) < 4.78 is 5.46. The zero-order valence-corrected chi connectivity index (χ0v) is 12.4. The molecule has 0 aliphatic rings. The van der Waals surface area contributed by atoms with Crippen molar-refractivity contribution in [2.45, 2.75) is 4.34 Å². The minimum absolute atomic E-state index is 0.112. The molecule has 2 N–H and O–H groups in total. The number of carboxylic acid groups (broad SMARTS) is 1. The number of pyridine rings is 1. The highest BCUT2D eigenvalue weighted by Crippen LogP contribution is 2.26. The van der Waals surface area contributed by atoms with E-state index in [1.165, 1.54) is 13.3 Å². The molecule has 2 heterocycles. The van der Waals surface area contributed by atoms with Gasteiger partial charge in [-0.3, -0.25) is 14.9 Å². The predicted octanol–water partition coefficient (Wildman–Crippen LogP) is 1.37. The van der Waals surface area contributed by atoms with Crippen molar-refractivity contribution in [2.75, 3.05) is 18.2 Å². The van der Waals surface area contributed by atoms with Crippen LogP contribution in [0.1, 0.15) is 10.4 Å². The number of hydrogen-bond acceptors (Lipinski definition) is 8. The third-order valence-corrected chi connectivity index (χ3v) is 4.11. The molecule has 8 nitrogen and oxygen atoms in total. The number of carbonyl (C=O) groups is 2. The maximum atomic E-state index is 12.1. The summed E-state index contributed by atoms with van der Waals surface area (Å²) in [6.45, 7) is 0. The Hall–Kier alpha value is -2.20. The van der Waals surface area contributed by atoms with Gasteiger partial charge in [0, 0.05) is 6.20 Å². The summed E-state index contributed by atoms with van der Waals surface area (Å²) in [4.78, 5) is 26.5. The van der Waals surface area contributed by atoms with Crippen LogP contribution < -0.4 is 10.1 Å². The van der Waals surface area contributed by atoms with E-state index in [4.69, 9.17) is 9.84 Å². The van der Waals surface area contributed by atoms with Crippen LogP contribution >= 0.6 is 23.1 Å². The van der Waals surface area contributed by atoms with Crippen LogP contribution in [-0.2, 0) is 4.79 Å². The molecule has 0 aliphatic heterocycles. The van der Waals surface area contributed by atoms with Gasteiger partial charge in [-0.25, -0.2) is 4.98 Å². The number of hydrogen-bond donors (Lipinski definition) is 2. The highest BCUT2D eigenvalue weighted by molar-refractivity contribution is 8.01. The van der Waals surface area contributed by atoms with Crippen LogP contribution in [0.25, 0.3) is 0 Å². The number of amides is 1. The minimum Gasteiger partial charge on any atom is -0.481 e. The van der Waals surface area contributed by atoms with E-state index < -0.39 is 11.9 Å². The molecule has 0 radical (unpaired) electrons. The number of carbonyl (C=O) groups excluding carboxylic acids is 1. The number of carboxylic acids is 1. The first-order chi connectivity index (χ1) is 10.1. The third kappa shape index (κ3) is 4.13. The fraction of sp³-hybridized carbons (Fsp3) is 0.182. The van der Waals surface area contributed by atoms with Gasteiger partial charge in [0.05, 0.1) is 12.9 Å². The van der Waals surface area contributed by atoms with Crippen molar-refractivity contribution in [3.05, 3.63) is 23.9 Å². The van der Waals surface area contributed by atoms with Gasteiger partial charge in [-0.1, -0.05) is 23.1 Å².